The maximum atomic E-state index is 12.7. The van der Waals surface area contributed by atoms with Crippen LogP contribution in [0, 0.1) is 0 Å². The van der Waals surface area contributed by atoms with Gasteiger partial charge in [-0.15, -0.1) is 0 Å². The van der Waals surface area contributed by atoms with Crippen LogP contribution in [0.1, 0.15) is 34.1 Å². The van der Waals surface area contributed by atoms with Gasteiger partial charge in [-0.2, -0.15) is 0 Å². The molecule has 0 radical (unpaired) electrons. The number of esters is 1. The number of benzene rings is 1. The molecule has 1 aromatic heterocycles. The van der Waals surface area contributed by atoms with Crippen LogP contribution >= 0.6 is 11.8 Å². The van der Waals surface area contributed by atoms with Gasteiger partial charge in [-0.05, 0) is 43.3 Å². The molecule has 2 heterocycles. The Labute approximate surface area is 164 Å². The van der Waals surface area contributed by atoms with Gasteiger partial charge in [0.1, 0.15) is 5.03 Å². The third kappa shape index (κ3) is 3.89. The lowest BCUT2D eigenvalue weighted by Crippen LogP contribution is -2.31. The number of ether oxygens (including phenoxy) is 1. The molecular formula is C19H16N2O6S. The van der Waals surface area contributed by atoms with Crippen LogP contribution < -0.4 is 4.90 Å². The highest BCUT2D eigenvalue weighted by atomic mass is 32.2. The summed E-state index contributed by atoms with van der Waals surface area (Å²) in [4.78, 5) is 53.2. The second-order valence-electron chi connectivity index (χ2n) is 5.81. The molecule has 0 bridgehead atoms. The Morgan fingerprint density at radius 1 is 1.25 bits per heavy atom. The number of aromatic carboxylic acids is 1. The van der Waals surface area contributed by atoms with Crippen LogP contribution in [-0.4, -0.2) is 45.7 Å². The van der Waals surface area contributed by atoms with Crippen molar-refractivity contribution in [1.29, 1.82) is 0 Å². The van der Waals surface area contributed by atoms with Gasteiger partial charge >= 0.3 is 11.9 Å². The van der Waals surface area contributed by atoms with Crippen LogP contribution in [0.15, 0.2) is 47.6 Å². The number of pyridine rings is 1. The number of nitrogens with zero attached hydrogens (tertiary/aromatic N) is 2. The number of hydrogen-bond donors (Lipinski definition) is 1. The Morgan fingerprint density at radius 3 is 2.61 bits per heavy atom. The lowest BCUT2D eigenvalue weighted by Gasteiger charge is -2.15. The largest absolute Gasteiger partial charge is 0.478 e. The summed E-state index contributed by atoms with van der Waals surface area (Å²) >= 11 is 0.953. The Hall–Kier alpha value is -3.20. The van der Waals surface area contributed by atoms with Crippen molar-refractivity contribution in [2.45, 2.75) is 23.6 Å². The number of carboxylic acid groups (broad SMARTS) is 1. The summed E-state index contributed by atoms with van der Waals surface area (Å²) in [7, 11) is 0. The Balaban J connectivity index is 1.79. The predicted octanol–water partition coefficient (Wildman–Crippen LogP) is 2.38. The molecule has 1 N–H and O–H groups in total. The summed E-state index contributed by atoms with van der Waals surface area (Å²) in [6.45, 7) is 1.94. The maximum absolute atomic E-state index is 12.7. The Bertz CT molecular complexity index is 944. The summed E-state index contributed by atoms with van der Waals surface area (Å²) in [5.41, 5.74) is 0.630. The van der Waals surface area contributed by atoms with Crippen molar-refractivity contribution >= 4 is 41.2 Å². The van der Waals surface area contributed by atoms with Crippen molar-refractivity contribution in [3.05, 3.63) is 53.7 Å². The first-order chi connectivity index (χ1) is 13.4. The van der Waals surface area contributed by atoms with Gasteiger partial charge in [-0.25, -0.2) is 19.5 Å². The number of hydrogen-bond acceptors (Lipinski definition) is 7. The minimum atomic E-state index is -1.15. The molecule has 1 atom stereocenters. The van der Waals surface area contributed by atoms with Gasteiger partial charge in [0.05, 0.1) is 28.7 Å². The molecule has 1 aliphatic rings. The molecule has 0 saturated carbocycles. The van der Waals surface area contributed by atoms with Crippen molar-refractivity contribution in [1.82, 2.24) is 4.98 Å². The van der Waals surface area contributed by atoms with Crippen LogP contribution in [0.5, 0.6) is 0 Å². The number of thioether (sulfide) groups is 1. The van der Waals surface area contributed by atoms with E-state index in [9.17, 15) is 24.3 Å². The van der Waals surface area contributed by atoms with Crippen molar-refractivity contribution in [2.24, 2.45) is 0 Å². The minimum absolute atomic E-state index is 0.0232. The number of amides is 2. The molecule has 144 valence electrons. The van der Waals surface area contributed by atoms with E-state index in [0.29, 0.717) is 11.3 Å². The van der Waals surface area contributed by atoms with Gasteiger partial charge in [0, 0.05) is 12.6 Å². The second kappa shape index (κ2) is 8.22. The number of aromatic nitrogens is 1. The highest BCUT2D eigenvalue weighted by molar-refractivity contribution is 8.00. The first-order valence-corrected chi connectivity index (χ1v) is 9.29. The first-order valence-electron chi connectivity index (χ1n) is 8.41. The summed E-state index contributed by atoms with van der Waals surface area (Å²) in [6, 6.07) is 8.85. The molecule has 0 aliphatic carbocycles. The molecule has 1 saturated heterocycles. The monoisotopic (exact) mass is 400 g/mol. The zero-order valence-corrected chi connectivity index (χ0v) is 15.6. The summed E-state index contributed by atoms with van der Waals surface area (Å²) in [6.07, 6.45) is 1.36. The average Bonchev–Trinajstić information content (AvgIpc) is 2.95. The van der Waals surface area contributed by atoms with Crippen LogP contribution in [0.3, 0.4) is 0 Å². The van der Waals surface area contributed by atoms with Crippen LogP contribution in [0.4, 0.5) is 5.69 Å². The normalized spacial score (nSPS) is 16.3. The minimum Gasteiger partial charge on any atom is -0.478 e. The third-order valence-corrected chi connectivity index (χ3v) is 5.20. The van der Waals surface area contributed by atoms with Crippen molar-refractivity contribution in [3.8, 4) is 0 Å². The van der Waals surface area contributed by atoms with Crippen LogP contribution in [0.2, 0.25) is 0 Å². The van der Waals surface area contributed by atoms with Gasteiger partial charge in [0.15, 0.2) is 0 Å². The Morgan fingerprint density at radius 2 is 1.96 bits per heavy atom. The van der Waals surface area contributed by atoms with Crippen molar-refractivity contribution < 1.29 is 29.0 Å². The van der Waals surface area contributed by atoms with E-state index in [0.717, 1.165) is 16.7 Å². The molecule has 0 spiro atoms. The molecule has 28 heavy (non-hydrogen) atoms. The highest BCUT2D eigenvalue weighted by Gasteiger charge is 2.41. The van der Waals surface area contributed by atoms with E-state index >= 15 is 0 Å². The topological polar surface area (TPSA) is 114 Å². The number of anilines is 1. The second-order valence-corrected chi connectivity index (χ2v) is 7.00. The van der Waals surface area contributed by atoms with E-state index in [4.69, 9.17) is 4.74 Å². The molecule has 1 fully saturated rings. The SMILES string of the molecule is CCOC(=O)c1ccc(N2C(=O)CC(Sc3ncccc3C(=O)O)C2=O)cc1. The predicted molar refractivity (Wildman–Crippen MR) is 100 cm³/mol. The lowest BCUT2D eigenvalue weighted by atomic mass is 10.2. The number of carboxylic acids is 1. The van der Waals surface area contributed by atoms with Gasteiger partial charge in [0.25, 0.3) is 0 Å². The van der Waals surface area contributed by atoms with E-state index < -0.39 is 29.0 Å². The molecule has 8 nitrogen and oxygen atoms in total. The van der Waals surface area contributed by atoms with E-state index in [1.165, 1.54) is 42.6 Å². The van der Waals surface area contributed by atoms with E-state index in [-0.39, 0.29) is 23.6 Å². The quantitative estimate of drug-likeness (QED) is 0.581. The fraction of sp³-hybridized carbons (Fsp3) is 0.211. The highest BCUT2D eigenvalue weighted by Crippen LogP contribution is 2.34. The van der Waals surface area contributed by atoms with Crippen molar-refractivity contribution in [3.63, 3.8) is 0 Å². The molecule has 9 heteroatoms. The lowest BCUT2D eigenvalue weighted by molar-refractivity contribution is -0.121. The maximum Gasteiger partial charge on any atom is 0.338 e. The molecule has 3 rings (SSSR count). The number of carbonyl (C=O) groups excluding carboxylic acids is 3. The number of rotatable bonds is 6. The molecule has 2 aromatic rings. The molecule has 1 aromatic carbocycles. The zero-order valence-electron chi connectivity index (χ0n) is 14.8. The van der Waals surface area contributed by atoms with Crippen LogP contribution in [-0.2, 0) is 14.3 Å². The number of imide groups is 1. The molecule has 2 amide bonds. The summed E-state index contributed by atoms with van der Waals surface area (Å²) in [5, 5.41) is 8.65. The van der Waals surface area contributed by atoms with E-state index in [1.54, 1.807) is 6.92 Å². The average molecular weight is 400 g/mol. The van der Waals surface area contributed by atoms with Gasteiger partial charge in [0.2, 0.25) is 11.8 Å². The molecular weight excluding hydrogens is 384 g/mol. The smallest absolute Gasteiger partial charge is 0.338 e. The molecule has 1 unspecified atom stereocenters. The number of carbonyl (C=O) groups is 4. The van der Waals surface area contributed by atoms with E-state index in [1.807, 2.05) is 0 Å². The van der Waals surface area contributed by atoms with Gasteiger partial charge in [-0.1, -0.05) is 11.8 Å². The van der Waals surface area contributed by atoms with Crippen molar-refractivity contribution in [2.75, 3.05) is 11.5 Å². The molecule has 1 aliphatic heterocycles. The standard InChI is InChI=1S/C19H16N2O6S/c1-2-27-19(26)11-5-7-12(8-6-11)21-15(22)10-14(17(21)23)28-16-13(18(24)25)4-3-9-20-16/h3-9,14H,2,10H2,1H3,(H,24,25). The fourth-order valence-electron chi connectivity index (χ4n) is 2.71. The first kappa shape index (κ1) is 19.6. The summed E-state index contributed by atoms with van der Waals surface area (Å²) in [5.74, 6) is -2.50. The van der Waals surface area contributed by atoms with E-state index in [2.05, 4.69) is 4.98 Å². The summed E-state index contributed by atoms with van der Waals surface area (Å²) < 4.78 is 4.90. The fourth-order valence-corrected chi connectivity index (χ4v) is 3.82. The Kier molecular flexibility index (Phi) is 5.74. The van der Waals surface area contributed by atoms with Gasteiger partial charge < -0.3 is 9.84 Å². The van der Waals surface area contributed by atoms with Gasteiger partial charge in [-0.3, -0.25) is 9.59 Å². The third-order valence-electron chi connectivity index (χ3n) is 4.00. The zero-order chi connectivity index (χ0) is 20.3. The van der Waals surface area contributed by atoms with Crippen LogP contribution in [0.25, 0.3) is 0 Å².